The van der Waals surface area contributed by atoms with Crippen molar-refractivity contribution in [2.45, 2.75) is 19.5 Å². The lowest BCUT2D eigenvalue weighted by atomic mass is 10.2. The number of furan rings is 1. The van der Waals surface area contributed by atoms with Gasteiger partial charge in [0.1, 0.15) is 11.3 Å². The van der Waals surface area contributed by atoms with Crippen molar-refractivity contribution in [2.24, 2.45) is 0 Å². The number of carbonyl (C=O) groups is 1. The van der Waals surface area contributed by atoms with Crippen molar-refractivity contribution >= 4 is 28.5 Å². The lowest BCUT2D eigenvalue weighted by Crippen LogP contribution is -2.34. The standard InChI is InChI=1S/C19H19ClN2O2/c1-13(18-10-15-4-2-3-5-17(15)24-18)21-12-19(23)22-11-14-6-8-16(20)9-7-14/h2-10,13,21H,11-12H2,1H3,(H,22,23). The minimum Gasteiger partial charge on any atom is -0.459 e. The third-order valence-electron chi connectivity index (χ3n) is 3.84. The molecule has 1 unspecified atom stereocenters. The summed E-state index contributed by atoms with van der Waals surface area (Å²) in [6.07, 6.45) is 0. The molecule has 0 aliphatic rings. The first-order chi connectivity index (χ1) is 11.6. The second-order valence-corrected chi connectivity index (χ2v) is 6.13. The van der Waals surface area contributed by atoms with E-state index in [0.717, 1.165) is 22.3 Å². The Kier molecular flexibility index (Phi) is 5.18. The van der Waals surface area contributed by atoms with E-state index in [1.807, 2.05) is 61.5 Å². The predicted octanol–water partition coefficient (Wildman–Crippen LogP) is 4.05. The molecule has 0 spiro atoms. The van der Waals surface area contributed by atoms with Crippen LogP contribution in [0.1, 0.15) is 24.3 Å². The number of rotatable bonds is 6. The first-order valence-corrected chi connectivity index (χ1v) is 8.22. The van der Waals surface area contributed by atoms with Crippen molar-refractivity contribution in [1.82, 2.24) is 10.6 Å². The van der Waals surface area contributed by atoms with Crippen LogP contribution in [0.5, 0.6) is 0 Å². The van der Waals surface area contributed by atoms with Gasteiger partial charge in [-0.3, -0.25) is 10.1 Å². The predicted molar refractivity (Wildman–Crippen MR) is 95.9 cm³/mol. The van der Waals surface area contributed by atoms with Crippen molar-refractivity contribution < 1.29 is 9.21 Å². The summed E-state index contributed by atoms with van der Waals surface area (Å²) in [4.78, 5) is 12.0. The molecule has 4 nitrogen and oxygen atoms in total. The second-order valence-electron chi connectivity index (χ2n) is 5.69. The van der Waals surface area contributed by atoms with Crippen molar-refractivity contribution in [3.05, 3.63) is 70.9 Å². The van der Waals surface area contributed by atoms with E-state index in [4.69, 9.17) is 16.0 Å². The molecule has 3 aromatic rings. The quantitative estimate of drug-likeness (QED) is 0.710. The van der Waals surface area contributed by atoms with Crippen LogP contribution in [0.25, 0.3) is 11.0 Å². The van der Waals surface area contributed by atoms with E-state index in [-0.39, 0.29) is 18.5 Å². The van der Waals surface area contributed by atoms with Crippen LogP contribution >= 0.6 is 11.6 Å². The molecule has 0 aliphatic carbocycles. The molecule has 0 saturated carbocycles. The van der Waals surface area contributed by atoms with Crippen molar-refractivity contribution in [3.8, 4) is 0 Å². The van der Waals surface area contributed by atoms with Crippen LogP contribution in [0.2, 0.25) is 5.02 Å². The number of amides is 1. The molecular weight excluding hydrogens is 324 g/mol. The van der Waals surface area contributed by atoms with E-state index in [2.05, 4.69) is 10.6 Å². The summed E-state index contributed by atoms with van der Waals surface area (Å²) in [7, 11) is 0. The van der Waals surface area contributed by atoms with Crippen molar-refractivity contribution in [2.75, 3.05) is 6.54 Å². The van der Waals surface area contributed by atoms with Gasteiger partial charge in [0.05, 0.1) is 12.6 Å². The molecule has 0 fully saturated rings. The Balaban J connectivity index is 1.49. The molecule has 24 heavy (non-hydrogen) atoms. The lowest BCUT2D eigenvalue weighted by Gasteiger charge is -2.11. The Morgan fingerprint density at radius 3 is 2.67 bits per heavy atom. The van der Waals surface area contributed by atoms with Crippen LogP contribution in [0.15, 0.2) is 59.0 Å². The number of hydrogen-bond donors (Lipinski definition) is 2. The van der Waals surface area contributed by atoms with Crippen LogP contribution in [0.4, 0.5) is 0 Å². The van der Waals surface area contributed by atoms with E-state index in [0.29, 0.717) is 11.6 Å². The molecule has 0 radical (unpaired) electrons. The molecule has 0 bridgehead atoms. The monoisotopic (exact) mass is 342 g/mol. The number of fused-ring (bicyclic) bond motifs is 1. The van der Waals surface area contributed by atoms with Gasteiger partial charge in [-0.25, -0.2) is 0 Å². The fourth-order valence-electron chi connectivity index (χ4n) is 2.43. The minimum absolute atomic E-state index is 0.0429. The van der Waals surface area contributed by atoms with Gasteiger partial charge in [0.25, 0.3) is 0 Å². The van der Waals surface area contributed by atoms with E-state index in [1.54, 1.807) is 0 Å². The summed E-state index contributed by atoms with van der Waals surface area (Å²) in [5.74, 6) is 0.759. The Morgan fingerprint density at radius 2 is 1.92 bits per heavy atom. The third-order valence-corrected chi connectivity index (χ3v) is 4.10. The average Bonchev–Trinajstić information content (AvgIpc) is 3.03. The Labute approximate surface area is 145 Å². The van der Waals surface area contributed by atoms with Gasteiger partial charge in [0.2, 0.25) is 5.91 Å². The zero-order valence-electron chi connectivity index (χ0n) is 13.4. The third kappa shape index (κ3) is 4.16. The highest BCUT2D eigenvalue weighted by Crippen LogP contribution is 2.23. The van der Waals surface area contributed by atoms with Gasteiger partial charge in [0.15, 0.2) is 0 Å². The highest BCUT2D eigenvalue weighted by molar-refractivity contribution is 6.30. The molecule has 0 aliphatic heterocycles. The highest BCUT2D eigenvalue weighted by Gasteiger charge is 2.12. The maximum atomic E-state index is 12.0. The van der Waals surface area contributed by atoms with Gasteiger partial charge in [-0.15, -0.1) is 0 Å². The summed E-state index contributed by atoms with van der Waals surface area (Å²) in [6.45, 7) is 2.69. The maximum absolute atomic E-state index is 12.0. The summed E-state index contributed by atoms with van der Waals surface area (Å²) < 4.78 is 5.80. The Bertz CT molecular complexity index is 794. The van der Waals surface area contributed by atoms with Crippen molar-refractivity contribution in [3.63, 3.8) is 0 Å². The zero-order chi connectivity index (χ0) is 16.9. The molecule has 2 aromatic carbocycles. The molecule has 1 amide bonds. The normalized spacial score (nSPS) is 12.2. The zero-order valence-corrected chi connectivity index (χ0v) is 14.1. The largest absolute Gasteiger partial charge is 0.459 e. The van der Waals surface area contributed by atoms with Crippen LogP contribution in [-0.4, -0.2) is 12.5 Å². The topological polar surface area (TPSA) is 54.3 Å². The van der Waals surface area contributed by atoms with Crippen LogP contribution in [0, 0.1) is 0 Å². The van der Waals surface area contributed by atoms with Gasteiger partial charge in [-0.05, 0) is 36.8 Å². The van der Waals surface area contributed by atoms with Crippen LogP contribution < -0.4 is 10.6 Å². The molecule has 1 atom stereocenters. The fraction of sp³-hybridized carbons (Fsp3) is 0.211. The van der Waals surface area contributed by atoms with Gasteiger partial charge in [-0.1, -0.05) is 41.9 Å². The molecule has 2 N–H and O–H groups in total. The van der Waals surface area contributed by atoms with E-state index >= 15 is 0 Å². The molecular formula is C19H19ClN2O2. The van der Waals surface area contributed by atoms with Gasteiger partial charge in [-0.2, -0.15) is 0 Å². The number of benzene rings is 2. The van der Waals surface area contributed by atoms with Gasteiger partial charge in [0, 0.05) is 17.0 Å². The summed E-state index contributed by atoms with van der Waals surface area (Å²) in [5.41, 5.74) is 1.87. The average molecular weight is 343 g/mol. The number of nitrogens with one attached hydrogen (secondary N) is 2. The van der Waals surface area contributed by atoms with Gasteiger partial charge < -0.3 is 9.73 Å². The number of carbonyl (C=O) groups excluding carboxylic acids is 1. The molecule has 0 saturated heterocycles. The SMILES string of the molecule is CC(NCC(=O)NCc1ccc(Cl)cc1)c1cc2ccccc2o1. The number of halogens is 1. The highest BCUT2D eigenvalue weighted by atomic mass is 35.5. The van der Waals surface area contributed by atoms with Gasteiger partial charge >= 0.3 is 0 Å². The molecule has 3 rings (SSSR count). The Hall–Kier alpha value is -2.30. The van der Waals surface area contributed by atoms with Crippen LogP contribution in [0.3, 0.4) is 0 Å². The molecule has 1 aromatic heterocycles. The minimum atomic E-state index is -0.0621. The number of hydrogen-bond acceptors (Lipinski definition) is 3. The van der Waals surface area contributed by atoms with E-state index < -0.39 is 0 Å². The first kappa shape index (κ1) is 16.6. The molecule has 5 heteroatoms. The summed E-state index contributed by atoms with van der Waals surface area (Å²) in [5, 5.41) is 7.80. The number of para-hydroxylation sites is 1. The second kappa shape index (κ2) is 7.51. The smallest absolute Gasteiger partial charge is 0.234 e. The lowest BCUT2D eigenvalue weighted by molar-refractivity contribution is -0.120. The first-order valence-electron chi connectivity index (χ1n) is 7.85. The van der Waals surface area contributed by atoms with Crippen LogP contribution in [-0.2, 0) is 11.3 Å². The van der Waals surface area contributed by atoms with E-state index in [9.17, 15) is 4.79 Å². The van der Waals surface area contributed by atoms with E-state index in [1.165, 1.54) is 0 Å². The summed E-state index contributed by atoms with van der Waals surface area (Å²) >= 11 is 5.84. The maximum Gasteiger partial charge on any atom is 0.234 e. The fourth-order valence-corrected chi connectivity index (χ4v) is 2.55. The molecule has 124 valence electrons. The summed E-state index contributed by atoms with van der Waals surface area (Å²) in [6, 6.07) is 17.2. The van der Waals surface area contributed by atoms with Crippen molar-refractivity contribution in [1.29, 1.82) is 0 Å². The molecule has 1 heterocycles. The Morgan fingerprint density at radius 1 is 1.17 bits per heavy atom.